The zero-order chi connectivity index (χ0) is 25.0. The van der Waals surface area contributed by atoms with Crippen LogP contribution in [0.5, 0.6) is 0 Å². The molecule has 9 heteroatoms. The summed E-state index contributed by atoms with van der Waals surface area (Å²) in [6, 6.07) is 20.3. The fourth-order valence-corrected chi connectivity index (χ4v) is 3.82. The van der Waals surface area contributed by atoms with E-state index < -0.39 is 35.7 Å². The summed E-state index contributed by atoms with van der Waals surface area (Å²) in [5, 5.41) is 7.98. The Hall–Kier alpha value is -4.53. The summed E-state index contributed by atoms with van der Waals surface area (Å²) in [5.74, 6) is -2.15. The number of anilines is 1. The maximum Gasteiger partial charge on any atom is 0.325 e. The van der Waals surface area contributed by atoms with Crippen LogP contribution in [-0.4, -0.2) is 35.2 Å². The molecule has 1 atom stereocenters. The average Bonchev–Trinajstić information content (AvgIpc) is 3.07. The van der Waals surface area contributed by atoms with E-state index in [0.29, 0.717) is 12.1 Å². The van der Waals surface area contributed by atoms with Crippen molar-refractivity contribution in [1.29, 1.82) is 0 Å². The molecule has 4 rings (SSSR count). The molecule has 8 nitrogen and oxygen atoms in total. The minimum absolute atomic E-state index is 0.241. The van der Waals surface area contributed by atoms with Crippen molar-refractivity contribution < 1.29 is 23.6 Å². The van der Waals surface area contributed by atoms with Crippen LogP contribution >= 0.6 is 0 Å². The molecule has 1 aliphatic heterocycles. The van der Waals surface area contributed by atoms with Crippen LogP contribution < -0.4 is 16.0 Å². The van der Waals surface area contributed by atoms with Gasteiger partial charge in [-0.3, -0.25) is 19.3 Å². The SMILES string of the molecule is C[C@]1(c2ccc(F)cc2)NC(=O)N(CC(=O)Nc2ccccc2C(=O)NCc2ccccc2)C1=O. The first-order chi connectivity index (χ1) is 16.8. The van der Waals surface area contributed by atoms with Gasteiger partial charge in [-0.15, -0.1) is 0 Å². The summed E-state index contributed by atoms with van der Waals surface area (Å²) in [6.45, 7) is 1.25. The molecule has 0 spiro atoms. The number of nitrogens with zero attached hydrogens (tertiary/aromatic N) is 1. The Morgan fingerprint density at radius 2 is 1.60 bits per heavy atom. The van der Waals surface area contributed by atoms with Gasteiger partial charge in [0.2, 0.25) is 5.91 Å². The van der Waals surface area contributed by atoms with Crippen LogP contribution in [0.2, 0.25) is 0 Å². The summed E-state index contributed by atoms with van der Waals surface area (Å²) in [4.78, 5) is 51.8. The van der Waals surface area contributed by atoms with E-state index in [-0.39, 0.29) is 17.2 Å². The second-order valence-electron chi connectivity index (χ2n) is 8.22. The van der Waals surface area contributed by atoms with E-state index in [0.717, 1.165) is 10.5 Å². The number of rotatable bonds is 7. The molecule has 1 fully saturated rings. The monoisotopic (exact) mass is 474 g/mol. The molecule has 3 aromatic carbocycles. The number of imide groups is 1. The largest absolute Gasteiger partial charge is 0.348 e. The molecule has 0 aromatic heterocycles. The molecule has 0 radical (unpaired) electrons. The molecule has 1 heterocycles. The highest BCUT2D eigenvalue weighted by atomic mass is 19.1. The molecule has 178 valence electrons. The predicted molar refractivity (Wildman–Crippen MR) is 127 cm³/mol. The Morgan fingerprint density at radius 1 is 0.943 bits per heavy atom. The fourth-order valence-electron chi connectivity index (χ4n) is 3.82. The number of para-hydroxylation sites is 1. The fraction of sp³-hybridized carbons (Fsp3) is 0.154. The predicted octanol–water partition coefficient (Wildman–Crippen LogP) is 3.16. The van der Waals surface area contributed by atoms with E-state index in [1.807, 2.05) is 30.3 Å². The first-order valence-corrected chi connectivity index (χ1v) is 10.9. The first-order valence-electron chi connectivity index (χ1n) is 10.9. The molecule has 3 N–H and O–H groups in total. The Morgan fingerprint density at radius 3 is 2.31 bits per heavy atom. The summed E-state index contributed by atoms with van der Waals surface area (Å²) >= 11 is 0. The van der Waals surface area contributed by atoms with Crippen molar-refractivity contribution in [3.05, 3.63) is 101 Å². The molecule has 0 saturated carbocycles. The highest BCUT2D eigenvalue weighted by Crippen LogP contribution is 2.29. The van der Waals surface area contributed by atoms with E-state index in [4.69, 9.17) is 0 Å². The zero-order valence-electron chi connectivity index (χ0n) is 18.9. The number of benzene rings is 3. The second kappa shape index (κ2) is 9.76. The van der Waals surface area contributed by atoms with Gasteiger partial charge in [-0.05, 0) is 42.3 Å². The van der Waals surface area contributed by atoms with Crippen LogP contribution in [0.15, 0.2) is 78.9 Å². The lowest BCUT2D eigenvalue weighted by Gasteiger charge is -2.22. The number of carbonyl (C=O) groups is 4. The van der Waals surface area contributed by atoms with E-state index in [1.165, 1.54) is 31.2 Å². The molecule has 0 aliphatic carbocycles. The van der Waals surface area contributed by atoms with Crippen molar-refractivity contribution in [3.63, 3.8) is 0 Å². The number of hydrogen-bond acceptors (Lipinski definition) is 4. The Kier molecular flexibility index (Phi) is 6.59. The van der Waals surface area contributed by atoms with Crippen LogP contribution in [0, 0.1) is 5.82 Å². The lowest BCUT2D eigenvalue weighted by atomic mass is 9.92. The van der Waals surface area contributed by atoms with Gasteiger partial charge in [0.15, 0.2) is 0 Å². The van der Waals surface area contributed by atoms with Gasteiger partial charge in [-0.1, -0.05) is 54.6 Å². The number of hydrogen-bond donors (Lipinski definition) is 3. The normalized spacial score (nSPS) is 17.1. The van der Waals surface area contributed by atoms with E-state index in [2.05, 4.69) is 16.0 Å². The number of urea groups is 1. The van der Waals surface area contributed by atoms with Crippen molar-refractivity contribution in [2.75, 3.05) is 11.9 Å². The Labute approximate surface area is 201 Å². The van der Waals surface area contributed by atoms with Crippen molar-refractivity contribution in [3.8, 4) is 0 Å². The van der Waals surface area contributed by atoms with Crippen molar-refractivity contribution in [2.24, 2.45) is 0 Å². The maximum absolute atomic E-state index is 13.3. The molecule has 0 bridgehead atoms. The highest BCUT2D eigenvalue weighted by Gasteiger charge is 2.49. The van der Waals surface area contributed by atoms with Gasteiger partial charge in [0.25, 0.3) is 11.8 Å². The van der Waals surface area contributed by atoms with Gasteiger partial charge >= 0.3 is 6.03 Å². The van der Waals surface area contributed by atoms with Gasteiger partial charge in [0.1, 0.15) is 17.9 Å². The standard InChI is InChI=1S/C26H23FN4O4/c1-26(18-11-13-19(27)14-12-18)24(34)31(25(35)30-26)16-22(32)29-21-10-6-5-9-20(21)23(33)28-15-17-7-3-2-4-8-17/h2-14H,15-16H2,1H3,(H,28,33)(H,29,32)(H,30,35)/t26-/m1/s1. The number of halogens is 1. The summed E-state index contributed by atoms with van der Waals surface area (Å²) in [6.07, 6.45) is 0. The molecular formula is C26H23FN4O4. The summed E-state index contributed by atoms with van der Waals surface area (Å²) in [5.41, 5.74) is 0.368. The van der Waals surface area contributed by atoms with Gasteiger partial charge in [-0.2, -0.15) is 0 Å². The molecular weight excluding hydrogens is 451 g/mol. The van der Waals surface area contributed by atoms with Gasteiger partial charge < -0.3 is 16.0 Å². The molecule has 1 saturated heterocycles. The lowest BCUT2D eigenvalue weighted by molar-refractivity contribution is -0.133. The number of nitrogens with one attached hydrogen (secondary N) is 3. The second-order valence-corrected chi connectivity index (χ2v) is 8.22. The summed E-state index contributed by atoms with van der Waals surface area (Å²) in [7, 11) is 0. The van der Waals surface area contributed by atoms with Crippen molar-refractivity contribution in [1.82, 2.24) is 15.5 Å². The van der Waals surface area contributed by atoms with E-state index in [9.17, 15) is 23.6 Å². The third-order valence-corrected chi connectivity index (χ3v) is 5.74. The first kappa shape index (κ1) is 23.6. The topological polar surface area (TPSA) is 108 Å². The van der Waals surface area contributed by atoms with Crippen LogP contribution in [0.4, 0.5) is 14.9 Å². The molecule has 3 aromatic rings. The molecule has 5 amide bonds. The van der Waals surface area contributed by atoms with Crippen LogP contribution in [0.3, 0.4) is 0 Å². The molecule has 35 heavy (non-hydrogen) atoms. The minimum Gasteiger partial charge on any atom is -0.348 e. The Balaban J connectivity index is 1.43. The Bertz CT molecular complexity index is 1280. The van der Waals surface area contributed by atoms with Gasteiger partial charge in [-0.25, -0.2) is 9.18 Å². The zero-order valence-corrected chi connectivity index (χ0v) is 18.9. The average molecular weight is 474 g/mol. The van der Waals surface area contributed by atoms with Crippen molar-refractivity contribution >= 4 is 29.4 Å². The highest BCUT2D eigenvalue weighted by molar-refractivity contribution is 6.11. The van der Waals surface area contributed by atoms with Crippen LogP contribution in [0.1, 0.15) is 28.4 Å². The lowest BCUT2D eigenvalue weighted by Crippen LogP contribution is -2.42. The smallest absolute Gasteiger partial charge is 0.325 e. The maximum atomic E-state index is 13.3. The van der Waals surface area contributed by atoms with Gasteiger partial charge in [0, 0.05) is 6.54 Å². The van der Waals surface area contributed by atoms with Crippen molar-refractivity contribution in [2.45, 2.75) is 19.0 Å². The minimum atomic E-state index is -1.43. The van der Waals surface area contributed by atoms with Crippen LogP contribution in [-0.2, 0) is 21.7 Å². The number of carbonyl (C=O) groups excluding carboxylic acids is 4. The molecule has 1 aliphatic rings. The van der Waals surface area contributed by atoms with E-state index >= 15 is 0 Å². The third kappa shape index (κ3) is 5.03. The summed E-state index contributed by atoms with van der Waals surface area (Å²) < 4.78 is 13.3. The number of amides is 5. The van der Waals surface area contributed by atoms with Crippen LogP contribution in [0.25, 0.3) is 0 Å². The van der Waals surface area contributed by atoms with Gasteiger partial charge in [0.05, 0.1) is 11.3 Å². The molecule has 0 unspecified atom stereocenters. The third-order valence-electron chi connectivity index (χ3n) is 5.74. The quantitative estimate of drug-likeness (QED) is 0.457. The van der Waals surface area contributed by atoms with E-state index in [1.54, 1.807) is 24.3 Å².